The number of aromatic nitrogens is 1. The molecule has 150 valence electrons. The molecule has 0 aliphatic carbocycles. The van der Waals surface area contributed by atoms with E-state index in [1.807, 2.05) is 30.0 Å². The van der Waals surface area contributed by atoms with Crippen LogP contribution in [-0.4, -0.2) is 17.3 Å². The van der Waals surface area contributed by atoms with E-state index in [4.69, 9.17) is 11.6 Å². The minimum Gasteiger partial charge on any atom is -0.353 e. The van der Waals surface area contributed by atoms with Crippen LogP contribution >= 0.6 is 23.4 Å². The number of nitrogens with two attached hydrogens (primary N) is 1. The predicted molar refractivity (Wildman–Crippen MR) is 121 cm³/mol. The summed E-state index contributed by atoms with van der Waals surface area (Å²) in [5, 5.41) is 4.45. The van der Waals surface area contributed by atoms with Crippen LogP contribution in [0, 0.1) is 5.82 Å². The highest BCUT2D eigenvalue weighted by molar-refractivity contribution is 7.99. The fourth-order valence-electron chi connectivity index (χ4n) is 5.36. The first-order valence-electron chi connectivity index (χ1n) is 10.3. The Kier molecular flexibility index (Phi) is 4.24. The van der Waals surface area contributed by atoms with E-state index >= 15 is 0 Å². The van der Waals surface area contributed by atoms with Gasteiger partial charge in [-0.15, -0.1) is 11.8 Å². The zero-order valence-corrected chi connectivity index (χ0v) is 17.9. The van der Waals surface area contributed by atoms with E-state index < -0.39 is 0 Å². The number of quaternary nitrogens is 1. The summed E-state index contributed by atoms with van der Waals surface area (Å²) in [7, 11) is 0. The molecule has 2 aliphatic rings. The summed E-state index contributed by atoms with van der Waals surface area (Å²) in [6.45, 7) is 0.874. The zero-order valence-electron chi connectivity index (χ0n) is 16.3. The van der Waals surface area contributed by atoms with Gasteiger partial charge in [0, 0.05) is 44.1 Å². The molecule has 0 unspecified atom stereocenters. The van der Waals surface area contributed by atoms with Gasteiger partial charge in [-0.2, -0.15) is 0 Å². The van der Waals surface area contributed by atoms with Crippen molar-refractivity contribution in [3.8, 4) is 0 Å². The van der Waals surface area contributed by atoms with Gasteiger partial charge in [-0.1, -0.05) is 48.0 Å². The summed E-state index contributed by atoms with van der Waals surface area (Å²) < 4.78 is 14.4. The quantitative estimate of drug-likeness (QED) is 0.411. The van der Waals surface area contributed by atoms with Gasteiger partial charge in [-0.25, -0.2) is 4.39 Å². The molecule has 5 heteroatoms. The maximum atomic E-state index is 14.4. The second-order valence-corrected chi connectivity index (χ2v) is 9.73. The first-order valence-corrected chi connectivity index (χ1v) is 11.7. The van der Waals surface area contributed by atoms with Crippen LogP contribution in [0.3, 0.4) is 0 Å². The third-order valence-corrected chi connectivity index (χ3v) is 8.12. The van der Waals surface area contributed by atoms with Gasteiger partial charge in [0.15, 0.2) is 5.54 Å². The second kappa shape index (κ2) is 6.88. The van der Waals surface area contributed by atoms with Crippen molar-refractivity contribution in [1.82, 2.24) is 4.98 Å². The molecule has 1 aromatic heterocycles. The molecule has 0 amide bonds. The molecule has 0 saturated heterocycles. The Morgan fingerprint density at radius 2 is 1.90 bits per heavy atom. The molecule has 4 aromatic rings. The molecule has 30 heavy (non-hydrogen) atoms. The number of H-pyrrole nitrogens is 1. The lowest BCUT2D eigenvalue weighted by Crippen LogP contribution is -2.98. The van der Waals surface area contributed by atoms with Gasteiger partial charge < -0.3 is 10.3 Å². The van der Waals surface area contributed by atoms with Crippen LogP contribution in [0.2, 0.25) is 5.02 Å². The van der Waals surface area contributed by atoms with Crippen molar-refractivity contribution in [3.05, 3.63) is 100.0 Å². The fourth-order valence-corrected chi connectivity index (χ4v) is 6.83. The number of rotatable bonds is 1. The molecule has 0 radical (unpaired) electrons. The van der Waals surface area contributed by atoms with Crippen molar-refractivity contribution in [2.45, 2.75) is 22.8 Å². The molecular weight excluding hydrogens is 415 g/mol. The summed E-state index contributed by atoms with van der Waals surface area (Å²) in [5.41, 5.74) is 5.58. The van der Waals surface area contributed by atoms with E-state index in [9.17, 15) is 4.39 Å². The lowest BCUT2D eigenvalue weighted by molar-refractivity contribution is -0.732. The Morgan fingerprint density at radius 3 is 2.80 bits per heavy atom. The van der Waals surface area contributed by atoms with Gasteiger partial charge in [-0.05, 0) is 35.9 Å². The van der Waals surface area contributed by atoms with E-state index in [0.29, 0.717) is 0 Å². The van der Waals surface area contributed by atoms with Crippen LogP contribution < -0.4 is 5.32 Å². The molecule has 6 rings (SSSR count). The van der Waals surface area contributed by atoms with Crippen molar-refractivity contribution in [1.29, 1.82) is 0 Å². The molecule has 1 spiro atoms. The average molecular weight is 436 g/mol. The van der Waals surface area contributed by atoms with Crippen LogP contribution in [0.15, 0.2) is 71.6 Å². The van der Waals surface area contributed by atoms with Gasteiger partial charge in [0.1, 0.15) is 5.82 Å². The molecule has 0 fully saturated rings. The van der Waals surface area contributed by atoms with Gasteiger partial charge in [0.25, 0.3) is 0 Å². The largest absolute Gasteiger partial charge is 0.353 e. The molecular formula is C25H21ClFN2S+. The molecule has 0 bridgehead atoms. The number of benzene rings is 3. The van der Waals surface area contributed by atoms with Crippen molar-refractivity contribution in [3.63, 3.8) is 0 Å². The van der Waals surface area contributed by atoms with Crippen molar-refractivity contribution in [2.75, 3.05) is 12.3 Å². The normalized spacial score (nSPS) is 22.8. The molecule has 3 heterocycles. The molecule has 3 aromatic carbocycles. The molecule has 0 saturated carbocycles. The number of para-hydroxylation sites is 1. The Hall–Kier alpha value is -2.27. The Bertz CT molecular complexity index is 1280. The summed E-state index contributed by atoms with van der Waals surface area (Å²) in [6.07, 6.45) is 0.961. The monoisotopic (exact) mass is 435 g/mol. The number of hydrogen-bond acceptors (Lipinski definition) is 1. The van der Waals surface area contributed by atoms with Gasteiger partial charge in [0.2, 0.25) is 0 Å². The van der Waals surface area contributed by atoms with Crippen LogP contribution in [0.4, 0.5) is 4.39 Å². The van der Waals surface area contributed by atoms with Crippen molar-refractivity contribution >= 4 is 34.3 Å². The van der Waals surface area contributed by atoms with Crippen LogP contribution in [0.5, 0.6) is 0 Å². The van der Waals surface area contributed by atoms with E-state index in [1.165, 1.54) is 21.5 Å². The summed E-state index contributed by atoms with van der Waals surface area (Å²) in [5.74, 6) is 1.03. The first-order chi connectivity index (χ1) is 14.7. The first kappa shape index (κ1) is 18.5. The van der Waals surface area contributed by atoms with E-state index in [-0.39, 0.29) is 17.3 Å². The topological polar surface area (TPSA) is 32.4 Å². The van der Waals surface area contributed by atoms with Crippen molar-refractivity contribution < 1.29 is 9.71 Å². The summed E-state index contributed by atoms with van der Waals surface area (Å²) in [6, 6.07) is 21.9. The minimum absolute atomic E-state index is 0.171. The lowest BCUT2D eigenvalue weighted by Gasteiger charge is -2.41. The number of hydrogen-bond donors (Lipinski definition) is 2. The van der Waals surface area contributed by atoms with E-state index in [0.717, 1.165) is 40.4 Å². The summed E-state index contributed by atoms with van der Waals surface area (Å²) >= 11 is 8.47. The van der Waals surface area contributed by atoms with E-state index in [1.54, 1.807) is 12.1 Å². The van der Waals surface area contributed by atoms with Gasteiger partial charge >= 0.3 is 0 Å². The van der Waals surface area contributed by atoms with Crippen LogP contribution in [0.1, 0.15) is 34.7 Å². The maximum Gasteiger partial charge on any atom is 0.164 e. The molecule has 2 aliphatic heterocycles. The minimum atomic E-state index is -0.297. The third kappa shape index (κ3) is 2.60. The molecule has 3 N–H and O–H groups in total. The van der Waals surface area contributed by atoms with Crippen LogP contribution in [-0.2, 0) is 5.54 Å². The standard InChI is InChI=1S/C25H20ClFN2S/c26-20-7-3-1-5-16(20)18-14-28-25(11-12-30-22-10-9-15(27)13-19(22)25)24-23(18)17-6-2-4-8-21(17)29-24/h1-10,13,18,28-29H,11-12,14H2/p+1/t18-,25+/m1/s1. The van der Waals surface area contributed by atoms with E-state index in [2.05, 4.69) is 46.7 Å². The highest BCUT2D eigenvalue weighted by atomic mass is 35.5. The Labute approximate surface area is 183 Å². The highest BCUT2D eigenvalue weighted by Crippen LogP contribution is 2.48. The third-order valence-electron chi connectivity index (χ3n) is 6.70. The predicted octanol–water partition coefficient (Wildman–Crippen LogP) is 5.41. The maximum absolute atomic E-state index is 14.4. The summed E-state index contributed by atoms with van der Waals surface area (Å²) in [4.78, 5) is 4.93. The smallest absolute Gasteiger partial charge is 0.164 e. The average Bonchev–Trinajstić information content (AvgIpc) is 3.16. The highest BCUT2D eigenvalue weighted by Gasteiger charge is 2.50. The number of thioether (sulfide) groups is 1. The van der Waals surface area contributed by atoms with Crippen LogP contribution in [0.25, 0.3) is 10.9 Å². The van der Waals surface area contributed by atoms with Gasteiger partial charge in [-0.3, -0.25) is 0 Å². The number of aromatic amines is 1. The Morgan fingerprint density at radius 1 is 1.07 bits per heavy atom. The Balaban J connectivity index is 1.65. The fraction of sp³-hybridized carbons (Fsp3) is 0.200. The number of fused-ring (bicyclic) bond motifs is 6. The number of nitrogens with one attached hydrogen (secondary N) is 1. The van der Waals surface area contributed by atoms with Crippen molar-refractivity contribution in [2.24, 2.45) is 0 Å². The van der Waals surface area contributed by atoms with Gasteiger partial charge in [0.05, 0.1) is 18.2 Å². The molecule has 2 nitrogen and oxygen atoms in total. The molecule has 2 atom stereocenters. The second-order valence-electron chi connectivity index (χ2n) is 8.18. The number of halogens is 2. The SMILES string of the molecule is Fc1ccc2c(c1)[C@]1(CCS2)[NH2+]C[C@H](c2ccccc2Cl)c2c1[nH]c1ccccc21. The zero-order chi connectivity index (χ0) is 20.3. The lowest BCUT2D eigenvalue weighted by atomic mass is 9.74.